The zero-order chi connectivity index (χ0) is 18.8. The Bertz CT molecular complexity index is 1080. The third kappa shape index (κ3) is 3.39. The average Bonchev–Trinajstić information content (AvgIpc) is 3.37. The molecule has 2 aromatic heterocycles. The number of carbonyl (C=O) groups is 2. The zero-order valence-corrected chi connectivity index (χ0v) is 15.3. The maximum atomic E-state index is 12.7. The highest BCUT2D eigenvalue weighted by molar-refractivity contribution is 7.12. The molecule has 0 saturated carbocycles. The van der Waals surface area contributed by atoms with E-state index in [9.17, 15) is 9.59 Å². The van der Waals surface area contributed by atoms with Crippen molar-refractivity contribution >= 4 is 34.1 Å². The van der Waals surface area contributed by atoms with Crippen LogP contribution in [0.2, 0.25) is 0 Å². The predicted molar refractivity (Wildman–Crippen MR) is 104 cm³/mol. The quantitative estimate of drug-likeness (QED) is 0.402. The first-order chi connectivity index (χ1) is 13.1. The lowest BCUT2D eigenvalue weighted by Crippen LogP contribution is -2.14. The molecule has 1 N–H and O–H groups in total. The Morgan fingerprint density at radius 3 is 2.48 bits per heavy atom. The molecule has 6 heteroatoms. The molecule has 0 aliphatic heterocycles. The van der Waals surface area contributed by atoms with Gasteiger partial charge in [-0.05, 0) is 36.6 Å². The SMILES string of the molecule is C[C@H](OC(=O)c1ccccc1C(=O)c1cccs1)c1nc2ccccc2[nH]1. The molecule has 4 rings (SSSR count). The van der Waals surface area contributed by atoms with Crippen LogP contribution < -0.4 is 0 Å². The van der Waals surface area contributed by atoms with Crippen molar-refractivity contribution in [2.75, 3.05) is 0 Å². The Balaban J connectivity index is 1.59. The van der Waals surface area contributed by atoms with Crippen molar-refractivity contribution in [3.05, 3.63) is 87.9 Å². The molecule has 0 spiro atoms. The summed E-state index contributed by atoms with van der Waals surface area (Å²) in [5, 5.41) is 1.83. The smallest absolute Gasteiger partial charge is 0.339 e. The van der Waals surface area contributed by atoms with Gasteiger partial charge < -0.3 is 9.72 Å². The van der Waals surface area contributed by atoms with Crippen molar-refractivity contribution in [1.82, 2.24) is 9.97 Å². The Morgan fingerprint density at radius 2 is 1.74 bits per heavy atom. The molecule has 0 aliphatic rings. The van der Waals surface area contributed by atoms with Gasteiger partial charge in [0.2, 0.25) is 5.78 Å². The molecule has 0 aliphatic carbocycles. The molecule has 134 valence electrons. The standard InChI is InChI=1S/C21H16N2O3S/c1-13(20-22-16-9-4-5-10-17(16)23-20)26-21(25)15-8-3-2-7-14(15)19(24)18-11-6-12-27-18/h2-13H,1H3,(H,22,23)/t13-/m0/s1. The van der Waals surface area contributed by atoms with E-state index in [4.69, 9.17) is 4.74 Å². The van der Waals surface area contributed by atoms with Gasteiger partial charge in [0, 0.05) is 5.56 Å². The van der Waals surface area contributed by atoms with E-state index in [1.807, 2.05) is 35.7 Å². The molecule has 27 heavy (non-hydrogen) atoms. The highest BCUT2D eigenvalue weighted by atomic mass is 32.1. The average molecular weight is 376 g/mol. The van der Waals surface area contributed by atoms with E-state index < -0.39 is 12.1 Å². The second kappa shape index (κ2) is 7.17. The lowest BCUT2D eigenvalue weighted by Gasteiger charge is -2.12. The van der Waals surface area contributed by atoms with Crippen LogP contribution in [0.4, 0.5) is 0 Å². The number of aromatic nitrogens is 2. The molecule has 1 atom stereocenters. The number of hydrogen-bond donors (Lipinski definition) is 1. The van der Waals surface area contributed by atoms with Crippen LogP contribution in [0.3, 0.4) is 0 Å². The van der Waals surface area contributed by atoms with Crippen molar-refractivity contribution in [2.24, 2.45) is 0 Å². The van der Waals surface area contributed by atoms with E-state index in [0.29, 0.717) is 16.3 Å². The number of para-hydroxylation sites is 2. The van der Waals surface area contributed by atoms with E-state index in [-0.39, 0.29) is 11.3 Å². The minimum absolute atomic E-state index is 0.186. The zero-order valence-electron chi connectivity index (χ0n) is 14.5. The molecule has 0 unspecified atom stereocenters. The van der Waals surface area contributed by atoms with E-state index in [2.05, 4.69) is 9.97 Å². The van der Waals surface area contributed by atoms with Crippen molar-refractivity contribution in [1.29, 1.82) is 0 Å². The number of H-pyrrole nitrogens is 1. The lowest BCUT2D eigenvalue weighted by molar-refractivity contribution is 0.0320. The summed E-state index contributed by atoms with van der Waals surface area (Å²) in [5.74, 6) is -0.177. The number of ketones is 1. The van der Waals surface area contributed by atoms with Crippen molar-refractivity contribution in [3.8, 4) is 0 Å². The summed E-state index contributed by atoms with van der Waals surface area (Å²) < 4.78 is 5.58. The van der Waals surface area contributed by atoms with E-state index >= 15 is 0 Å². The van der Waals surface area contributed by atoms with Crippen LogP contribution in [-0.4, -0.2) is 21.7 Å². The van der Waals surface area contributed by atoms with Crippen molar-refractivity contribution in [3.63, 3.8) is 0 Å². The number of fused-ring (bicyclic) bond motifs is 1. The number of nitrogens with zero attached hydrogens (tertiary/aromatic N) is 1. The van der Waals surface area contributed by atoms with Crippen LogP contribution in [0, 0.1) is 0 Å². The number of hydrogen-bond acceptors (Lipinski definition) is 5. The summed E-state index contributed by atoms with van der Waals surface area (Å²) in [6, 6.07) is 17.9. The maximum Gasteiger partial charge on any atom is 0.339 e. The largest absolute Gasteiger partial charge is 0.451 e. The number of carbonyl (C=O) groups excluding carboxylic acids is 2. The summed E-state index contributed by atoms with van der Waals surface area (Å²) in [4.78, 5) is 33.6. The van der Waals surface area contributed by atoms with Crippen LogP contribution in [-0.2, 0) is 4.74 Å². The molecule has 4 aromatic rings. The number of thiophene rings is 1. The monoisotopic (exact) mass is 376 g/mol. The summed E-state index contributed by atoms with van der Waals surface area (Å²) in [6.07, 6.45) is -0.574. The number of esters is 1. The second-order valence-electron chi connectivity index (χ2n) is 6.04. The van der Waals surface area contributed by atoms with E-state index in [0.717, 1.165) is 11.0 Å². The van der Waals surface area contributed by atoms with Crippen LogP contribution >= 0.6 is 11.3 Å². The fourth-order valence-electron chi connectivity index (χ4n) is 2.84. The molecule has 0 fully saturated rings. The normalized spacial score (nSPS) is 12.0. The predicted octanol–water partition coefficient (Wildman–Crippen LogP) is 4.77. The summed E-state index contributed by atoms with van der Waals surface area (Å²) in [5.41, 5.74) is 2.27. The van der Waals surface area contributed by atoms with E-state index in [1.54, 1.807) is 37.3 Å². The number of imidazole rings is 1. The van der Waals surface area contributed by atoms with Crippen LogP contribution in [0.1, 0.15) is 44.4 Å². The lowest BCUT2D eigenvalue weighted by atomic mass is 10.0. The topological polar surface area (TPSA) is 72.1 Å². The third-order valence-electron chi connectivity index (χ3n) is 4.21. The number of ether oxygens (including phenoxy) is 1. The van der Waals surface area contributed by atoms with Crippen LogP contribution in [0.5, 0.6) is 0 Å². The highest BCUT2D eigenvalue weighted by Gasteiger charge is 2.22. The first-order valence-corrected chi connectivity index (χ1v) is 9.34. The van der Waals surface area contributed by atoms with Gasteiger partial charge in [0.25, 0.3) is 0 Å². The van der Waals surface area contributed by atoms with Crippen LogP contribution in [0.15, 0.2) is 66.0 Å². The Labute approximate surface area is 159 Å². The molecule has 0 bridgehead atoms. The van der Waals surface area contributed by atoms with Gasteiger partial charge in [0.1, 0.15) is 5.82 Å². The van der Waals surface area contributed by atoms with Crippen molar-refractivity contribution in [2.45, 2.75) is 13.0 Å². The Hall–Kier alpha value is -3.25. The van der Waals surface area contributed by atoms with Gasteiger partial charge in [0.15, 0.2) is 6.10 Å². The molecule has 2 heterocycles. The fraction of sp³-hybridized carbons (Fsp3) is 0.0952. The molecular formula is C21H16N2O3S. The molecule has 5 nitrogen and oxygen atoms in total. The summed E-state index contributed by atoms with van der Waals surface area (Å²) in [7, 11) is 0. The van der Waals surface area contributed by atoms with Gasteiger partial charge in [-0.1, -0.05) is 36.4 Å². The summed E-state index contributed by atoms with van der Waals surface area (Å²) in [6.45, 7) is 1.75. The number of aromatic amines is 1. The van der Waals surface area contributed by atoms with Gasteiger partial charge in [-0.3, -0.25) is 4.79 Å². The number of rotatable bonds is 5. The minimum atomic E-state index is -0.574. The minimum Gasteiger partial charge on any atom is -0.451 e. The first-order valence-electron chi connectivity index (χ1n) is 8.46. The van der Waals surface area contributed by atoms with Gasteiger partial charge in [-0.2, -0.15) is 0 Å². The maximum absolute atomic E-state index is 12.7. The Kier molecular flexibility index (Phi) is 4.56. The highest BCUT2D eigenvalue weighted by Crippen LogP contribution is 2.23. The second-order valence-corrected chi connectivity index (χ2v) is 6.99. The van der Waals surface area contributed by atoms with Gasteiger partial charge in [-0.25, -0.2) is 9.78 Å². The van der Waals surface area contributed by atoms with Crippen molar-refractivity contribution < 1.29 is 14.3 Å². The number of nitrogens with one attached hydrogen (secondary N) is 1. The molecular weight excluding hydrogens is 360 g/mol. The Morgan fingerprint density at radius 1 is 1.00 bits per heavy atom. The van der Waals surface area contributed by atoms with Gasteiger partial charge in [0.05, 0.1) is 21.5 Å². The number of benzene rings is 2. The van der Waals surface area contributed by atoms with Gasteiger partial charge >= 0.3 is 5.97 Å². The molecule has 0 amide bonds. The first kappa shape index (κ1) is 17.2. The third-order valence-corrected chi connectivity index (χ3v) is 5.08. The van der Waals surface area contributed by atoms with E-state index in [1.165, 1.54) is 11.3 Å². The fourth-order valence-corrected chi connectivity index (χ4v) is 3.52. The molecule has 0 radical (unpaired) electrons. The molecule has 0 saturated heterocycles. The summed E-state index contributed by atoms with van der Waals surface area (Å²) >= 11 is 1.34. The molecule has 2 aromatic carbocycles. The van der Waals surface area contributed by atoms with Crippen LogP contribution in [0.25, 0.3) is 11.0 Å². The van der Waals surface area contributed by atoms with Gasteiger partial charge in [-0.15, -0.1) is 11.3 Å².